The molecule has 0 bridgehead atoms. The molecular weight excluding hydrogens is 215 g/mol. The molecule has 2 unspecified atom stereocenters. The third kappa shape index (κ3) is 3.33. The number of aliphatic hydroxyl groups excluding tert-OH is 1. The summed E-state index contributed by atoms with van der Waals surface area (Å²) in [5.41, 5.74) is 0. The van der Waals surface area contributed by atoms with Crippen LogP contribution in [-0.4, -0.2) is 52.9 Å². The average Bonchev–Trinajstić information content (AvgIpc) is 2.07. The second-order valence-electron chi connectivity index (χ2n) is 3.48. The van der Waals surface area contributed by atoms with Crippen molar-refractivity contribution in [3.8, 4) is 0 Å². The SMILES string of the molecule is CC1CSCCN1CC(O)C(F)(F)F. The van der Waals surface area contributed by atoms with Crippen LogP contribution in [0.25, 0.3) is 0 Å². The molecule has 0 aromatic heterocycles. The number of hydrogen-bond donors (Lipinski definition) is 1. The molecule has 1 aliphatic heterocycles. The van der Waals surface area contributed by atoms with Gasteiger partial charge in [-0.3, -0.25) is 4.90 Å². The Morgan fingerprint density at radius 3 is 2.71 bits per heavy atom. The molecular formula is C8H14F3NOS. The van der Waals surface area contributed by atoms with Gasteiger partial charge in [0.2, 0.25) is 0 Å². The van der Waals surface area contributed by atoms with E-state index in [4.69, 9.17) is 5.11 Å². The van der Waals surface area contributed by atoms with Gasteiger partial charge in [0, 0.05) is 30.6 Å². The lowest BCUT2D eigenvalue weighted by Gasteiger charge is -2.34. The minimum Gasteiger partial charge on any atom is -0.382 e. The monoisotopic (exact) mass is 229 g/mol. The molecule has 0 amide bonds. The molecule has 0 saturated carbocycles. The summed E-state index contributed by atoms with van der Waals surface area (Å²) in [6.07, 6.45) is -6.71. The number of alkyl halides is 3. The van der Waals surface area contributed by atoms with E-state index in [0.29, 0.717) is 6.54 Å². The van der Waals surface area contributed by atoms with Crippen LogP contribution in [0.1, 0.15) is 6.92 Å². The van der Waals surface area contributed by atoms with Crippen molar-refractivity contribution in [3.05, 3.63) is 0 Å². The third-order valence-electron chi connectivity index (χ3n) is 2.29. The minimum atomic E-state index is -4.50. The van der Waals surface area contributed by atoms with Crippen LogP contribution < -0.4 is 0 Å². The largest absolute Gasteiger partial charge is 0.415 e. The van der Waals surface area contributed by atoms with E-state index in [9.17, 15) is 13.2 Å². The van der Waals surface area contributed by atoms with Crippen molar-refractivity contribution < 1.29 is 18.3 Å². The molecule has 0 aromatic rings. The summed E-state index contributed by atoms with van der Waals surface area (Å²) in [7, 11) is 0. The normalized spacial score (nSPS) is 27.6. The number of rotatable bonds is 2. The zero-order valence-electron chi connectivity index (χ0n) is 7.92. The number of nitrogens with zero attached hydrogens (tertiary/aromatic N) is 1. The van der Waals surface area contributed by atoms with E-state index in [1.807, 2.05) is 6.92 Å². The van der Waals surface area contributed by atoms with Crippen LogP contribution in [0.15, 0.2) is 0 Å². The molecule has 84 valence electrons. The number of thioether (sulfide) groups is 1. The highest BCUT2D eigenvalue weighted by Crippen LogP contribution is 2.23. The van der Waals surface area contributed by atoms with E-state index in [1.54, 1.807) is 16.7 Å². The van der Waals surface area contributed by atoms with E-state index in [0.717, 1.165) is 11.5 Å². The predicted octanol–water partition coefficient (Wildman–Crippen LogP) is 1.35. The van der Waals surface area contributed by atoms with Crippen LogP contribution in [0, 0.1) is 0 Å². The molecule has 0 aliphatic carbocycles. The molecule has 0 radical (unpaired) electrons. The maximum atomic E-state index is 12.0. The van der Waals surface area contributed by atoms with Gasteiger partial charge in [0.05, 0.1) is 0 Å². The molecule has 0 aromatic carbocycles. The fraction of sp³-hybridized carbons (Fsp3) is 1.00. The Bertz CT molecular complexity index is 188. The third-order valence-corrected chi connectivity index (χ3v) is 3.48. The molecule has 1 fully saturated rings. The fourth-order valence-corrected chi connectivity index (χ4v) is 2.44. The summed E-state index contributed by atoms with van der Waals surface area (Å²) in [5, 5.41) is 8.88. The first kappa shape index (κ1) is 12.1. The number of halogens is 3. The first-order valence-corrected chi connectivity index (χ1v) is 5.63. The molecule has 1 saturated heterocycles. The number of aliphatic hydroxyl groups is 1. The lowest BCUT2D eigenvalue weighted by Crippen LogP contribution is -2.48. The summed E-state index contributed by atoms with van der Waals surface area (Å²) < 4.78 is 36.1. The van der Waals surface area contributed by atoms with Gasteiger partial charge in [0.15, 0.2) is 6.10 Å². The van der Waals surface area contributed by atoms with E-state index in [2.05, 4.69) is 0 Å². The first-order valence-electron chi connectivity index (χ1n) is 4.48. The molecule has 14 heavy (non-hydrogen) atoms. The number of hydrogen-bond acceptors (Lipinski definition) is 3. The van der Waals surface area contributed by atoms with E-state index < -0.39 is 12.3 Å². The number of β-amino-alcohol motifs (C(OH)–C–C–N with tert-alkyl or cyclic N) is 1. The van der Waals surface area contributed by atoms with Crippen LogP contribution in [0.3, 0.4) is 0 Å². The van der Waals surface area contributed by atoms with Gasteiger partial charge in [-0.15, -0.1) is 0 Å². The van der Waals surface area contributed by atoms with Crippen LogP contribution >= 0.6 is 11.8 Å². The van der Waals surface area contributed by atoms with Crippen molar-refractivity contribution in [2.24, 2.45) is 0 Å². The minimum absolute atomic E-state index is 0.116. The topological polar surface area (TPSA) is 23.5 Å². The van der Waals surface area contributed by atoms with Crippen molar-refractivity contribution >= 4 is 11.8 Å². The Morgan fingerprint density at radius 2 is 2.21 bits per heavy atom. The maximum Gasteiger partial charge on any atom is 0.415 e. The Morgan fingerprint density at radius 1 is 1.57 bits per heavy atom. The van der Waals surface area contributed by atoms with E-state index >= 15 is 0 Å². The van der Waals surface area contributed by atoms with Gasteiger partial charge in [0.25, 0.3) is 0 Å². The Balaban J connectivity index is 2.42. The highest BCUT2D eigenvalue weighted by Gasteiger charge is 2.39. The van der Waals surface area contributed by atoms with Crippen molar-refractivity contribution in [2.75, 3.05) is 24.6 Å². The zero-order valence-corrected chi connectivity index (χ0v) is 8.74. The Hall–Kier alpha value is 0.0600. The lowest BCUT2D eigenvalue weighted by molar-refractivity contribution is -0.209. The van der Waals surface area contributed by atoms with Crippen molar-refractivity contribution in [1.82, 2.24) is 4.90 Å². The molecule has 1 heterocycles. The Labute approximate surface area is 85.5 Å². The molecule has 1 rings (SSSR count). The van der Waals surface area contributed by atoms with Gasteiger partial charge in [-0.2, -0.15) is 24.9 Å². The van der Waals surface area contributed by atoms with Crippen LogP contribution in [0.5, 0.6) is 0 Å². The molecule has 0 spiro atoms. The van der Waals surface area contributed by atoms with E-state index in [1.165, 1.54) is 0 Å². The van der Waals surface area contributed by atoms with E-state index in [-0.39, 0.29) is 12.6 Å². The predicted molar refractivity (Wildman–Crippen MR) is 50.4 cm³/mol. The van der Waals surface area contributed by atoms with Crippen molar-refractivity contribution in [2.45, 2.75) is 25.2 Å². The maximum absolute atomic E-state index is 12.0. The highest BCUT2D eigenvalue weighted by atomic mass is 32.2. The summed E-state index contributed by atoms with van der Waals surface area (Å²) in [5.74, 6) is 1.68. The summed E-state index contributed by atoms with van der Waals surface area (Å²) in [6.45, 7) is 2.21. The van der Waals surface area contributed by atoms with Gasteiger partial charge in [-0.1, -0.05) is 0 Å². The second-order valence-corrected chi connectivity index (χ2v) is 4.63. The standard InChI is InChI=1S/C8H14F3NOS/c1-6-5-14-3-2-12(6)4-7(13)8(9,10)11/h6-7,13H,2-5H2,1H3. The molecule has 2 atom stereocenters. The van der Waals surface area contributed by atoms with Crippen molar-refractivity contribution in [3.63, 3.8) is 0 Å². The fourth-order valence-electron chi connectivity index (χ4n) is 1.36. The second kappa shape index (κ2) is 4.72. The smallest absolute Gasteiger partial charge is 0.382 e. The quantitative estimate of drug-likeness (QED) is 0.773. The summed E-state index contributed by atoms with van der Waals surface area (Å²) in [6, 6.07) is 0.116. The molecule has 6 heteroatoms. The van der Waals surface area contributed by atoms with Crippen LogP contribution in [-0.2, 0) is 0 Å². The van der Waals surface area contributed by atoms with Gasteiger partial charge in [0.1, 0.15) is 0 Å². The van der Waals surface area contributed by atoms with Crippen LogP contribution in [0.4, 0.5) is 13.2 Å². The highest BCUT2D eigenvalue weighted by molar-refractivity contribution is 7.99. The van der Waals surface area contributed by atoms with Gasteiger partial charge in [-0.25, -0.2) is 0 Å². The Kier molecular flexibility index (Phi) is 4.09. The van der Waals surface area contributed by atoms with Gasteiger partial charge >= 0.3 is 6.18 Å². The van der Waals surface area contributed by atoms with Gasteiger partial charge < -0.3 is 5.11 Å². The lowest BCUT2D eigenvalue weighted by atomic mass is 10.2. The summed E-state index contributed by atoms with van der Waals surface area (Å²) in [4.78, 5) is 1.69. The van der Waals surface area contributed by atoms with Crippen LogP contribution in [0.2, 0.25) is 0 Å². The zero-order chi connectivity index (χ0) is 10.8. The average molecular weight is 229 g/mol. The molecule has 2 nitrogen and oxygen atoms in total. The first-order chi connectivity index (χ1) is 6.41. The molecule has 1 aliphatic rings. The van der Waals surface area contributed by atoms with Gasteiger partial charge in [-0.05, 0) is 6.92 Å². The summed E-state index contributed by atoms with van der Waals surface area (Å²) >= 11 is 1.74. The molecule has 1 N–H and O–H groups in total. The van der Waals surface area contributed by atoms with Crippen molar-refractivity contribution in [1.29, 1.82) is 0 Å².